The Balaban J connectivity index is 1.19. The van der Waals surface area contributed by atoms with E-state index in [2.05, 4.69) is 34.5 Å². The second kappa shape index (κ2) is 14.3. The first-order chi connectivity index (χ1) is 22.4. The molecule has 8 nitrogen and oxygen atoms in total. The van der Waals surface area contributed by atoms with E-state index in [0.717, 1.165) is 44.5 Å². The molecule has 2 aliphatic heterocycles. The lowest BCUT2D eigenvalue weighted by atomic mass is 9.97. The summed E-state index contributed by atoms with van der Waals surface area (Å²) in [7, 11) is 0. The Bertz CT molecular complexity index is 1810. The van der Waals surface area contributed by atoms with Crippen molar-refractivity contribution in [3.05, 3.63) is 117 Å². The van der Waals surface area contributed by atoms with Gasteiger partial charge in [0.15, 0.2) is 11.2 Å². The van der Waals surface area contributed by atoms with Crippen LogP contribution in [0.2, 0.25) is 5.02 Å². The van der Waals surface area contributed by atoms with Crippen molar-refractivity contribution in [1.29, 1.82) is 0 Å². The van der Waals surface area contributed by atoms with E-state index in [1.165, 1.54) is 22.9 Å². The summed E-state index contributed by atoms with van der Waals surface area (Å²) in [5.41, 5.74) is 4.65. The van der Waals surface area contributed by atoms with Crippen molar-refractivity contribution in [2.24, 2.45) is 0 Å². The zero-order valence-corrected chi connectivity index (χ0v) is 26.7. The van der Waals surface area contributed by atoms with Gasteiger partial charge in [0.25, 0.3) is 5.91 Å². The van der Waals surface area contributed by atoms with Gasteiger partial charge in [0.1, 0.15) is 11.3 Å². The van der Waals surface area contributed by atoms with E-state index >= 15 is 0 Å². The van der Waals surface area contributed by atoms with Crippen molar-refractivity contribution in [2.45, 2.75) is 51.6 Å². The highest BCUT2D eigenvalue weighted by molar-refractivity contribution is 6.30. The maximum atomic E-state index is 13.5. The van der Waals surface area contributed by atoms with Gasteiger partial charge in [0.2, 0.25) is 5.91 Å². The van der Waals surface area contributed by atoms with Crippen molar-refractivity contribution < 1.29 is 18.7 Å². The van der Waals surface area contributed by atoms with E-state index in [-0.39, 0.29) is 23.1 Å². The number of hydrogen-bond donors (Lipinski definition) is 1. The normalized spacial score (nSPS) is 15.7. The van der Waals surface area contributed by atoms with Gasteiger partial charge in [-0.3, -0.25) is 14.4 Å². The van der Waals surface area contributed by atoms with E-state index < -0.39 is 5.91 Å². The number of benzene rings is 3. The molecule has 0 bridgehead atoms. The van der Waals surface area contributed by atoms with Crippen LogP contribution in [-0.2, 0) is 17.8 Å². The quantitative estimate of drug-likeness (QED) is 0.198. The van der Waals surface area contributed by atoms with Crippen LogP contribution in [0.15, 0.2) is 93.7 Å². The second-order valence-corrected chi connectivity index (χ2v) is 12.3. The van der Waals surface area contributed by atoms with Crippen LogP contribution < -0.4 is 20.4 Å². The molecule has 9 heteroatoms. The van der Waals surface area contributed by atoms with Crippen LogP contribution in [0.1, 0.15) is 54.3 Å². The first kappa shape index (κ1) is 31.4. The standard InChI is InChI=1S/C37H38ClN3O5/c1-2-45-30-13-14-34-31(22-30)33(42)23-35(46-34)37(44)39-29(20-25-9-11-28(38)12-10-25)21-26-15-18-40(19-16-26)32-7-4-3-6-27(32)24-41-17-5-8-36(41)43/h3-4,6-7,9-14,21-23,29H,2,5,8,15-20,24H2,1H3,(H,39,44)/t29-/m0/s1. The number of carbonyl (C=O) groups excluding carboxylic acids is 2. The lowest BCUT2D eigenvalue weighted by Gasteiger charge is -2.33. The average Bonchev–Trinajstić information content (AvgIpc) is 3.47. The zero-order chi connectivity index (χ0) is 32.0. The third-order valence-electron chi connectivity index (χ3n) is 8.63. The Morgan fingerprint density at radius 1 is 1.00 bits per heavy atom. The number of para-hydroxylation sites is 1. The van der Waals surface area contributed by atoms with Gasteiger partial charge in [0, 0.05) is 49.4 Å². The van der Waals surface area contributed by atoms with Crippen LogP contribution in [0.3, 0.4) is 0 Å². The highest BCUT2D eigenvalue weighted by Crippen LogP contribution is 2.29. The Morgan fingerprint density at radius 2 is 1.78 bits per heavy atom. The van der Waals surface area contributed by atoms with Crippen LogP contribution in [0.4, 0.5) is 5.69 Å². The molecular formula is C37H38ClN3O5. The number of halogens is 1. The van der Waals surface area contributed by atoms with Gasteiger partial charge in [0.05, 0.1) is 18.0 Å². The molecule has 6 rings (SSSR count). The highest BCUT2D eigenvalue weighted by Gasteiger charge is 2.24. The summed E-state index contributed by atoms with van der Waals surface area (Å²) < 4.78 is 11.4. The first-order valence-corrected chi connectivity index (χ1v) is 16.3. The molecule has 0 spiro atoms. The predicted molar refractivity (Wildman–Crippen MR) is 181 cm³/mol. The van der Waals surface area contributed by atoms with Gasteiger partial charge < -0.3 is 24.3 Å². The number of likely N-dealkylation sites (tertiary alicyclic amines) is 1. The first-order valence-electron chi connectivity index (χ1n) is 15.9. The average molecular weight is 640 g/mol. The SMILES string of the molecule is CCOc1ccc2oc(C(=O)N[C@H](C=C3CCN(c4ccccc4CN4CCCC4=O)CC3)Cc3ccc(Cl)cc3)cc(=O)c2c1. The number of hydrogen-bond acceptors (Lipinski definition) is 6. The summed E-state index contributed by atoms with van der Waals surface area (Å²) >= 11 is 6.13. The lowest BCUT2D eigenvalue weighted by molar-refractivity contribution is -0.128. The van der Waals surface area contributed by atoms with Crippen LogP contribution in [0, 0.1) is 0 Å². The molecule has 2 amide bonds. The maximum Gasteiger partial charge on any atom is 0.287 e. The fourth-order valence-corrected chi connectivity index (χ4v) is 6.41. The number of anilines is 1. The smallest absolute Gasteiger partial charge is 0.287 e. The number of fused-ring (bicyclic) bond motifs is 1. The minimum absolute atomic E-state index is 0.0379. The molecule has 2 saturated heterocycles. The van der Waals surface area contributed by atoms with Crippen molar-refractivity contribution in [1.82, 2.24) is 10.2 Å². The number of amides is 2. The Labute approximate surface area is 273 Å². The number of carbonyl (C=O) groups is 2. The highest BCUT2D eigenvalue weighted by atomic mass is 35.5. The van der Waals surface area contributed by atoms with Gasteiger partial charge in [-0.15, -0.1) is 0 Å². The van der Waals surface area contributed by atoms with Crippen LogP contribution in [0.5, 0.6) is 5.75 Å². The molecule has 0 radical (unpaired) electrons. The molecule has 0 saturated carbocycles. The van der Waals surface area contributed by atoms with E-state index in [1.54, 1.807) is 18.2 Å². The predicted octanol–water partition coefficient (Wildman–Crippen LogP) is 6.54. The zero-order valence-electron chi connectivity index (χ0n) is 26.0. The molecule has 46 heavy (non-hydrogen) atoms. The molecule has 4 aromatic rings. The van der Waals surface area contributed by atoms with Crippen molar-refractivity contribution in [3.63, 3.8) is 0 Å². The third kappa shape index (κ3) is 7.45. The Kier molecular flexibility index (Phi) is 9.73. The summed E-state index contributed by atoms with van der Waals surface area (Å²) in [5.74, 6) is 0.312. The van der Waals surface area contributed by atoms with Gasteiger partial charge in [-0.25, -0.2) is 0 Å². The van der Waals surface area contributed by atoms with Gasteiger partial charge in [-0.2, -0.15) is 0 Å². The molecule has 1 aromatic heterocycles. The Morgan fingerprint density at radius 3 is 2.52 bits per heavy atom. The minimum Gasteiger partial charge on any atom is -0.494 e. The summed E-state index contributed by atoms with van der Waals surface area (Å²) in [4.78, 5) is 43.0. The molecule has 2 aliphatic rings. The largest absolute Gasteiger partial charge is 0.494 e. The van der Waals surface area contributed by atoms with E-state index in [9.17, 15) is 14.4 Å². The van der Waals surface area contributed by atoms with Crippen molar-refractivity contribution in [3.8, 4) is 5.75 Å². The molecular weight excluding hydrogens is 602 g/mol. The monoisotopic (exact) mass is 639 g/mol. The second-order valence-electron chi connectivity index (χ2n) is 11.8. The summed E-state index contributed by atoms with van der Waals surface area (Å²) in [5, 5.41) is 4.12. The van der Waals surface area contributed by atoms with E-state index in [1.807, 2.05) is 42.2 Å². The number of nitrogens with one attached hydrogen (secondary N) is 1. The summed E-state index contributed by atoms with van der Waals surface area (Å²) in [6, 6.07) is 21.9. The molecule has 2 fully saturated rings. The maximum absolute atomic E-state index is 13.5. The molecule has 3 heterocycles. The fourth-order valence-electron chi connectivity index (χ4n) is 6.29. The van der Waals surface area contributed by atoms with E-state index in [4.69, 9.17) is 20.8 Å². The lowest BCUT2D eigenvalue weighted by Crippen LogP contribution is -2.37. The van der Waals surface area contributed by atoms with E-state index in [0.29, 0.717) is 47.7 Å². The third-order valence-corrected chi connectivity index (χ3v) is 8.88. The number of nitrogens with zero attached hydrogens (tertiary/aromatic N) is 2. The van der Waals surface area contributed by atoms with Crippen molar-refractivity contribution >= 4 is 40.1 Å². The molecule has 0 unspecified atom stereocenters. The van der Waals surface area contributed by atoms with Crippen molar-refractivity contribution in [2.75, 3.05) is 31.1 Å². The van der Waals surface area contributed by atoms with Crippen LogP contribution >= 0.6 is 11.6 Å². The number of piperidine rings is 1. The molecule has 3 aromatic carbocycles. The minimum atomic E-state index is -0.452. The van der Waals surface area contributed by atoms with Gasteiger partial charge in [-0.1, -0.05) is 53.6 Å². The number of ether oxygens (including phenoxy) is 1. The van der Waals surface area contributed by atoms with Crippen LogP contribution in [-0.4, -0.2) is 49.0 Å². The molecule has 0 aliphatic carbocycles. The number of rotatable bonds is 10. The Hall–Kier alpha value is -4.56. The summed E-state index contributed by atoms with van der Waals surface area (Å²) in [6.45, 7) is 5.48. The summed E-state index contributed by atoms with van der Waals surface area (Å²) in [6.07, 6.45) is 5.95. The fraction of sp³-hybridized carbons (Fsp3) is 0.324. The van der Waals surface area contributed by atoms with Gasteiger partial charge in [-0.05, 0) is 80.1 Å². The molecule has 238 valence electrons. The van der Waals surface area contributed by atoms with Crippen LogP contribution in [0.25, 0.3) is 11.0 Å². The van der Waals surface area contributed by atoms with Gasteiger partial charge >= 0.3 is 0 Å². The molecule has 1 N–H and O–H groups in total. The topological polar surface area (TPSA) is 92.1 Å². The molecule has 1 atom stereocenters.